The van der Waals surface area contributed by atoms with Crippen molar-refractivity contribution in [1.82, 2.24) is 0 Å². The molecule has 4 heteroatoms. The average Bonchev–Trinajstić information content (AvgIpc) is 2.48. The van der Waals surface area contributed by atoms with Gasteiger partial charge in [-0.05, 0) is 29.9 Å². The monoisotopic (exact) mass is 284 g/mol. The number of rotatable bonds is 3. The Kier molecular flexibility index (Phi) is 5.26. The second-order valence-corrected chi connectivity index (χ2v) is 4.55. The predicted octanol–water partition coefficient (Wildman–Crippen LogP) is 3.67. The standard InChI is InChI=1S/C16H16N2OS/c1-19-15(12-13-8-4-2-5-9-13)18-16(20)17-14-10-6-3-7-11-14/h2-11H,12H2,1H3,(H,17,20)/b18-15-. The summed E-state index contributed by atoms with van der Waals surface area (Å²) in [5.41, 5.74) is 2.05. The highest BCUT2D eigenvalue weighted by molar-refractivity contribution is 7.80. The Bertz CT molecular complexity index is 582. The molecule has 0 unspecified atom stereocenters. The Morgan fingerprint density at radius 2 is 1.65 bits per heavy atom. The van der Waals surface area contributed by atoms with Crippen molar-refractivity contribution in [3.05, 3.63) is 66.2 Å². The highest BCUT2D eigenvalue weighted by atomic mass is 32.1. The molecule has 0 heterocycles. The molecule has 20 heavy (non-hydrogen) atoms. The van der Waals surface area contributed by atoms with Gasteiger partial charge in [0.1, 0.15) is 0 Å². The molecule has 0 fully saturated rings. The molecule has 0 bridgehead atoms. The summed E-state index contributed by atoms with van der Waals surface area (Å²) in [7, 11) is 1.60. The number of hydrogen-bond acceptors (Lipinski definition) is 2. The molecule has 0 saturated carbocycles. The fourth-order valence-electron chi connectivity index (χ4n) is 1.71. The Labute approximate surface area is 124 Å². The minimum atomic E-state index is 0.393. The van der Waals surface area contributed by atoms with Gasteiger partial charge < -0.3 is 10.1 Å². The molecule has 0 aliphatic heterocycles. The van der Waals surface area contributed by atoms with Gasteiger partial charge in [-0.25, -0.2) is 0 Å². The van der Waals surface area contributed by atoms with E-state index in [0.29, 0.717) is 17.4 Å². The minimum absolute atomic E-state index is 0.393. The lowest BCUT2D eigenvalue weighted by molar-refractivity contribution is 0.395. The zero-order valence-electron chi connectivity index (χ0n) is 11.2. The van der Waals surface area contributed by atoms with E-state index in [0.717, 1.165) is 11.3 Å². The van der Waals surface area contributed by atoms with Crippen molar-refractivity contribution in [1.29, 1.82) is 0 Å². The van der Waals surface area contributed by atoms with E-state index >= 15 is 0 Å². The Morgan fingerprint density at radius 3 is 2.25 bits per heavy atom. The third kappa shape index (κ3) is 4.48. The first-order chi connectivity index (χ1) is 9.78. The van der Waals surface area contributed by atoms with Crippen LogP contribution in [-0.4, -0.2) is 18.1 Å². The molecule has 3 nitrogen and oxygen atoms in total. The summed E-state index contributed by atoms with van der Waals surface area (Å²) in [4.78, 5) is 4.30. The maximum Gasteiger partial charge on any atom is 0.200 e. The van der Waals surface area contributed by atoms with Crippen molar-refractivity contribution in [3.8, 4) is 0 Å². The number of anilines is 1. The zero-order chi connectivity index (χ0) is 14.2. The van der Waals surface area contributed by atoms with E-state index in [9.17, 15) is 0 Å². The molecule has 0 aromatic heterocycles. The van der Waals surface area contributed by atoms with Gasteiger partial charge in [0.15, 0.2) is 11.0 Å². The number of aliphatic imine (C=N–C) groups is 1. The van der Waals surface area contributed by atoms with Crippen LogP contribution in [0.2, 0.25) is 0 Å². The highest BCUT2D eigenvalue weighted by Crippen LogP contribution is 2.07. The van der Waals surface area contributed by atoms with Gasteiger partial charge in [0.05, 0.1) is 7.11 Å². The van der Waals surface area contributed by atoms with Crippen molar-refractivity contribution >= 4 is 28.9 Å². The van der Waals surface area contributed by atoms with Crippen LogP contribution < -0.4 is 5.32 Å². The SMILES string of the molecule is CO/C(Cc1ccccc1)=N\C(=S)Nc1ccccc1. The minimum Gasteiger partial charge on any atom is -0.484 e. The molecule has 102 valence electrons. The van der Waals surface area contributed by atoms with Gasteiger partial charge in [-0.15, -0.1) is 0 Å². The molecule has 0 aliphatic rings. The molecular weight excluding hydrogens is 268 g/mol. The maximum atomic E-state index is 5.29. The van der Waals surface area contributed by atoms with E-state index in [4.69, 9.17) is 17.0 Å². The molecule has 0 saturated heterocycles. The van der Waals surface area contributed by atoms with Crippen LogP contribution in [0.5, 0.6) is 0 Å². The smallest absolute Gasteiger partial charge is 0.200 e. The van der Waals surface area contributed by atoms with Crippen LogP contribution in [0.1, 0.15) is 5.56 Å². The number of ether oxygens (including phenoxy) is 1. The van der Waals surface area contributed by atoms with Crippen molar-refractivity contribution < 1.29 is 4.74 Å². The third-order valence-corrected chi connectivity index (χ3v) is 2.88. The van der Waals surface area contributed by atoms with Crippen LogP contribution in [0.3, 0.4) is 0 Å². The first-order valence-corrected chi connectivity index (χ1v) is 6.70. The van der Waals surface area contributed by atoms with Crippen LogP contribution in [-0.2, 0) is 11.2 Å². The molecule has 2 aromatic rings. The lowest BCUT2D eigenvalue weighted by atomic mass is 10.1. The predicted molar refractivity (Wildman–Crippen MR) is 87.3 cm³/mol. The van der Waals surface area contributed by atoms with E-state index in [1.807, 2.05) is 60.7 Å². The van der Waals surface area contributed by atoms with Gasteiger partial charge in [0.2, 0.25) is 0 Å². The summed E-state index contributed by atoms with van der Waals surface area (Å²) in [5, 5.41) is 3.45. The Balaban J connectivity index is 2.01. The molecular formula is C16H16N2OS. The number of nitrogens with zero attached hydrogens (tertiary/aromatic N) is 1. The fourth-order valence-corrected chi connectivity index (χ4v) is 1.93. The van der Waals surface area contributed by atoms with Gasteiger partial charge >= 0.3 is 0 Å². The number of hydrogen-bond donors (Lipinski definition) is 1. The number of benzene rings is 2. The molecule has 2 aromatic carbocycles. The molecule has 2 rings (SSSR count). The summed E-state index contributed by atoms with van der Waals surface area (Å²) in [6.07, 6.45) is 0.619. The van der Waals surface area contributed by atoms with Gasteiger partial charge in [-0.1, -0.05) is 48.5 Å². The normalized spacial score (nSPS) is 10.9. The van der Waals surface area contributed by atoms with E-state index in [1.54, 1.807) is 7.11 Å². The van der Waals surface area contributed by atoms with Crippen LogP contribution in [0, 0.1) is 0 Å². The number of nitrogens with one attached hydrogen (secondary N) is 1. The van der Waals surface area contributed by atoms with Gasteiger partial charge in [0, 0.05) is 12.1 Å². The van der Waals surface area contributed by atoms with Gasteiger partial charge in [-0.2, -0.15) is 4.99 Å². The van der Waals surface area contributed by atoms with Crippen LogP contribution in [0.25, 0.3) is 0 Å². The quantitative estimate of drug-likeness (QED) is 0.530. The summed E-state index contributed by atoms with van der Waals surface area (Å²) in [6.45, 7) is 0. The summed E-state index contributed by atoms with van der Waals surface area (Å²) in [6, 6.07) is 19.7. The average molecular weight is 284 g/mol. The fraction of sp³-hybridized carbons (Fsp3) is 0.125. The molecule has 0 amide bonds. The number of thiocarbonyl (C=S) groups is 1. The van der Waals surface area contributed by atoms with Crippen molar-refractivity contribution in [2.75, 3.05) is 12.4 Å². The van der Waals surface area contributed by atoms with Gasteiger partial charge in [0.25, 0.3) is 0 Å². The van der Waals surface area contributed by atoms with Crippen molar-refractivity contribution in [2.24, 2.45) is 4.99 Å². The van der Waals surface area contributed by atoms with E-state index in [-0.39, 0.29) is 0 Å². The summed E-state index contributed by atoms with van der Waals surface area (Å²) >= 11 is 5.22. The number of methoxy groups -OCH3 is 1. The molecule has 0 atom stereocenters. The van der Waals surface area contributed by atoms with E-state index < -0.39 is 0 Å². The third-order valence-electron chi connectivity index (χ3n) is 2.69. The largest absolute Gasteiger partial charge is 0.484 e. The maximum absolute atomic E-state index is 5.29. The molecule has 0 aliphatic carbocycles. The lowest BCUT2D eigenvalue weighted by Crippen LogP contribution is -2.13. The van der Waals surface area contributed by atoms with E-state index in [1.165, 1.54) is 0 Å². The highest BCUT2D eigenvalue weighted by Gasteiger charge is 2.03. The first-order valence-electron chi connectivity index (χ1n) is 6.29. The second-order valence-electron chi connectivity index (χ2n) is 4.17. The van der Waals surface area contributed by atoms with E-state index in [2.05, 4.69) is 10.3 Å². The van der Waals surface area contributed by atoms with Gasteiger partial charge in [-0.3, -0.25) is 0 Å². The summed E-state index contributed by atoms with van der Waals surface area (Å²) < 4.78 is 5.29. The second kappa shape index (κ2) is 7.40. The van der Waals surface area contributed by atoms with Crippen molar-refractivity contribution in [3.63, 3.8) is 0 Å². The first kappa shape index (κ1) is 14.2. The van der Waals surface area contributed by atoms with Crippen molar-refractivity contribution in [2.45, 2.75) is 6.42 Å². The van der Waals surface area contributed by atoms with Crippen LogP contribution >= 0.6 is 12.2 Å². The number of para-hydroxylation sites is 1. The zero-order valence-corrected chi connectivity index (χ0v) is 12.1. The van der Waals surface area contributed by atoms with Crippen LogP contribution in [0.15, 0.2) is 65.7 Å². The Hall–Kier alpha value is -2.20. The molecule has 0 spiro atoms. The molecule has 1 N–H and O–H groups in total. The molecule has 0 radical (unpaired) electrons. The lowest BCUT2D eigenvalue weighted by Gasteiger charge is -2.07. The van der Waals surface area contributed by atoms with Crippen LogP contribution in [0.4, 0.5) is 5.69 Å². The summed E-state index contributed by atoms with van der Waals surface area (Å²) in [5.74, 6) is 0.588. The Morgan fingerprint density at radius 1 is 1.05 bits per heavy atom. The topological polar surface area (TPSA) is 33.6 Å².